The second-order valence-electron chi connectivity index (χ2n) is 5.65. The van der Waals surface area contributed by atoms with Crippen molar-refractivity contribution in [3.8, 4) is 0 Å². The molecule has 1 amide bonds. The molecule has 0 aromatic heterocycles. The number of carbonyl (C=O) groups is 1. The SMILES string of the molecule is Cc1cccc(C(C)C)c1NC(=O)CCSc1ccccc1. The van der Waals surface area contributed by atoms with E-state index in [1.807, 2.05) is 37.3 Å². The van der Waals surface area contributed by atoms with Gasteiger partial charge in [0.25, 0.3) is 0 Å². The molecule has 0 atom stereocenters. The molecule has 22 heavy (non-hydrogen) atoms. The Bertz CT molecular complexity index is 623. The molecule has 2 rings (SSSR count). The van der Waals surface area contributed by atoms with E-state index in [9.17, 15) is 4.79 Å². The Kier molecular flexibility index (Phi) is 6.08. The Morgan fingerprint density at radius 2 is 1.82 bits per heavy atom. The summed E-state index contributed by atoms with van der Waals surface area (Å²) in [6.07, 6.45) is 0.519. The van der Waals surface area contributed by atoms with Crippen molar-refractivity contribution >= 4 is 23.4 Å². The molecule has 0 heterocycles. The first-order valence-corrected chi connectivity index (χ1v) is 8.63. The second-order valence-corrected chi connectivity index (χ2v) is 6.82. The lowest BCUT2D eigenvalue weighted by molar-refractivity contribution is -0.115. The Morgan fingerprint density at radius 1 is 1.09 bits per heavy atom. The van der Waals surface area contributed by atoms with Crippen molar-refractivity contribution in [3.05, 3.63) is 59.7 Å². The van der Waals surface area contributed by atoms with Crippen molar-refractivity contribution in [2.45, 2.75) is 38.0 Å². The topological polar surface area (TPSA) is 29.1 Å². The molecule has 2 aromatic carbocycles. The minimum absolute atomic E-state index is 0.0830. The van der Waals surface area contributed by atoms with Crippen LogP contribution in [0.1, 0.15) is 37.3 Å². The number of hydrogen-bond donors (Lipinski definition) is 1. The maximum atomic E-state index is 12.2. The van der Waals surface area contributed by atoms with E-state index in [1.54, 1.807) is 11.8 Å². The number of rotatable bonds is 6. The van der Waals surface area contributed by atoms with E-state index in [-0.39, 0.29) is 5.91 Å². The van der Waals surface area contributed by atoms with Crippen molar-refractivity contribution in [1.82, 2.24) is 0 Å². The van der Waals surface area contributed by atoms with Crippen molar-refractivity contribution in [2.24, 2.45) is 0 Å². The number of amides is 1. The number of aryl methyl sites for hydroxylation is 1. The molecule has 0 bridgehead atoms. The number of hydrogen-bond acceptors (Lipinski definition) is 2. The molecule has 0 aliphatic rings. The third kappa shape index (κ3) is 4.63. The molecule has 0 fully saturated rings. The summed E-state index contributed by atoms with van der Waals surface area (Å²) >= 11 is 1.71. The van der Waals surface area contributed by atoms with E-state index in [4.69, 9.17) is 0 Å². The molecule has 0 unspecified atom stereocenters. The van der Waals surface area contributed by atoms with Gasteiger partial charge < -0.3 is 5.32 Å². The van der Waals surface area contributed by atoms with Gasteiger partial charge in [-0.05, 0) is 36.1 Å². The summed E-state index contributed by atoms with van der Waals surface area (Å²) in [6.45, 7) is 6.34. The molecule has 0 radical (unpaired) electrons. The average molecular weight is 313 g/mol. The van der Waals surface area contributed by atoms with Gasteiger partial charge in [0.15, 0.2) is 0 Å². The lowest BCUT2D eigenvalue weighted by Gasteiger charge is -2.16. The smallest absolute Gasteiger partial charge is 0.225 e. The van der Waals surface area contributed by atoms with Crippen molar-refractivity contribution in [3.63, 3.8) is 0 Å². The molecule has 0 aliphatic heterocycles. The van der Waals surface area contributed by atoms with Gasteiger partial charge in [0, 0.05) is 22.8 Å². The van der Waals surface area contributed by atoms with E-state index in [1.165, 1.54) is 10.5 Å². The number of benzene rings is 2. The maximum Gasteiger partial charge on any atom is 0.225 e. The number of thioether (sulfide) groups is 1. The molecule has 2 nitrogen and oxygen atoms in total. The minimum atomic E-state index is 0.0830. The fourth-order valence-corrected chi connectivity index (χ4v) is 3.20. The van der Waals surface area contributed by atoms with Crippen molar-refractivity contribution in [2.75, 3.05) is 11.1 Å². The zero-order chi connectivity index (χ0) is 15.9. The van der Waals surface area contributed by atoms with Gasteiger partial charge in [-0.2, -0.15) is 0 Å². The van der Waals surface area contributed by atoms with E-state index in [0.29, 0.717) is 12.3 Å². The second kappa shape index (κ2) is 8.04. The van der Waals surface area contributed by atoms with Crippen LogP contribution >= 0.6 is 11.8 Å². The molecule has 1 N–H and O–H groups in total. The lowest BCUT2D eigenvalue weighted by Crippen LogP contribution is -2.15. The summed E-state index contributed by atoms with van der Waals surface area (Å²) in [5.41, 5.74) is 3.30. The first-order chi connectivity index (χ1) is 10.6. The summed E-state index contributed by atoms with van der Waals surface area (Å²) in [5, 5.41) is 3.09. The average Bonchev–Trinajstić information content (AvgIpc) is 2.50. The number of anilines is 1. The molecule has 0 saturated heterocycles. The maximum absolute atomic E-state index is 12.2. The van der Waals surface area contributed by atoms with Crippen LogP contribution in [0.5, 0.6) is 0 Å². The van der Waals surface area contributed by atoms with Crippen LogP contribution in [0.25, 0.3) is 0 Å². The first kappa shape index (κ1) is 16.6. The van der Waals surface area contributed by atoms with Crippen LogP contribution in [0, 0.1) is 6.92 Å². The van der Waals surface area contributed by atoms with Crippen LogP contribution in [0.15, 0.2) is 53.4 Å². The van der Waals surface area contributed by atoms with Gasteiger partial charge in [0.2, 0.25) is 5.91 Å². The third-order valence-corrected chi connectivity index (χ3v) is 4.55. The zero-order valence-electron chi connectivity index (χ0n) is 13.4. The van der Waals surface area contributed by atoms with Crippen LogP contribution in [-0.4, -0.2) is 11.7 Å². The van der Waals surface area contributed by atoms with Crippen molar-refractivity contribution in [1.29, 1.82) is 0 Å². The van der Waals surface area contributed by atoms with Crippen LogP contribution in [0.4, 0.5) is 5.69 Å². The Hall–Kier alpha value is -1.74. The van der Waals surface area contributed by atoms with Crippen LogP contribution < -0.4 is 5.32 Å². The Morgan fingerprint density at radius 3 is 2.50 bits per heavy atom. The van der Waals surface area contributed by atoms with Crippen LogP contribution in [0.3, 0.4) is 0 Å². The van der Waals surface area contributed by atoms with E-state index in [0.717, 1.165) is 17.0 Å². The third-order valence-electron chi connectivity index (χ3n) is 3.53. The van der Waals surface area contributed by atoms with Crippen molar-refractivity contribution < 1.29 is 4.79 Å². The quantitative estimate of drug-likeness (QED) is 0.739. The van der Waals surface area contributed by atoms with Gasteiger partial charge in [-0.1, -0.05) is 50.2 Å². The Balaban J connectivity index is 1.92. The summed E-state index contributed by atoms with van der Waals surface area (Å²) in [6, 6.07) is 16.4. The molecule has 0 spiro atoms. The molecule has 116 valence electrons. The van der Waals surface area contributed by atoms with Gasteiger partial charge in [0.05, 0.1) is 0 Å². The summed E-state index contributed by atoms with van der Waals surface area (Å²) in [4.78, 5) is 13.4. The predicted molar refractivity (Wildman–Crippen MR) is 95.7 cm³/mol. The van der Waals surface area contributed by atoms with E-state index < -0.39 is 0 Å². The summed E-state index contributed by atoms with van der Waals surface area (Å²) < 4.78 is 0. The van der Waals surface area contributed by atoms with Gasteiger partial charge in [0.1, 0.15) is 0 Å². The molecular weight excluding hydrogens is 290 g/mol. The predicted octanol–water partition coefficient (Wildman–Crippen LogP) is 5.24. The van der Waals surface area contributed by atoms with Crippen LogP contribution in [-0.2, 0) is 4.79 Å². The summed E-state index contributed by atoms with van der Waals surface area (Å²) in [7, 11) is 0. The minimum Gasteiger partial charge on any atom is -0.326 e. The zero-order valence-corrected chi connectivity index (χ0v) is 14.2. The van der Waals surface area contributed by atoms with Gasteiger partial charge >= 0.3 is 0 Å². The largest absolute Gasteiger partial charge is 0.326 e. The number of nitrogens with one attached hydrogen (secondary N) is 1. The Labute approximate surface area is 137 Å². The number of carbonyl (C=O) groups excluding carboxylic acids is 1. The van der Waals surface area contributed by atoms with Crippen LogP contribution in [0.2, 0.25) is 0 Å². The van der Waals surface area contributed by atoms with Gasteiger partial charge in [-0.15, -0.1) is 11.8 Å². The van der Waals surface area contributed by atoms with Gasteiger partial charge in [-0.3, -0.25) is 4.79 Å². The standard InChI is InChI=1S/C19H23NOS/c1-14(2)17-11-7-8-15(3)19(17)20-18(21)12-13-22-16-9-5-4-6-10-16/h4-11,14H,12-13H2,1-3H3,(H,20,21). The number of para-hydroxylation sites is 1. The molecular formula is C19H23NOS. The molecule has 0 saturated carbocycles. The van der Waals surface area contributed by atoms with Gasteiger partial charge in [-0.25, -0.2) is 0 Å². The highest BCUT2D eigenvalue weighted by Gasteiger charge is 2.11. The molecule has 2 aromatic rings. The molecule has 0 aliphatic carbocycles. The normalized spacial score (nSPS) is 10.7. The fourth-order valence-electron chi connectivity index (χ4n) is 2.32. The van der Waals surface area contributed by atoms with E-state index in [2.05, 4.69) is 37.4 Å². The highest BCUT2D eigenvalue weighted by Crippen LogP contribution is 2.27. The molecule has 3 heteroatoms. The first-order valence-electron chi connectivity index (χ1n) is 7.65. The highest BCUT2D eigenvalue weighted by molar-refractivity contribution is 7.99. The monoisotopic (exact) mass is 313 g/mol. The lowest BCUT2D eigenvalue weighted by atomic mass is 9.98. The summed E-state index contributed by atoms with van der Waals surface area (Å²) in [5.74, 6) is 1.27. The highest BCUT2D eigenvalue weighted by atomic mass is 32.2. The fraction of sp³-hybridized carbons (Fsp3) is 0.316. The van der Waals surface area contributed by atoms with E-state index >= 15 is 0 Å².